The van der Waals surface area contributed by atoms with Crippen LogP contribution in [0.1, 0.15) is 26.3 Å². The molecule has 0 spiro atoms. The van der Waals surface area contributed by atoms with Crippen LogP contribution in [0.25, 0.3) is 16.7 Å². The molecule has 0 aliphatic heterocycles. The zero-order valence-electron chi connectivity index (χ0n) is 17.8. The van der Waals surface area contributed by atoms with E-state index in [1.165, 1.54) is 35.4 Å². The summed E-state index contributed by atoms with van der Waals surface area (Å²) in [6, 6.07) is 15.5. The third-order valence-electron chi connectivity index (χ3n) is 5.26. The van der Waals surface area contributed by atoms with Crippen molar-refractivity contribution >= 4 is 34.5 Å². The first-order chi connectivity index (χ1) is 15.8. The van der Waals surface area contributed by atoms with Gasteiger partial charge in [0, 0.05) is 17.6 Å². The lowest BCUT2D eigenvalue weighted by Gasteiger charge is -2.07. The van der Waals surface area contributed by atoms with Crippen LogP contribution in [0, 0.1) is 5.82 Å². The Morgan fingerprint density at radius 2 is 1.82 bits per heavy atom. The summed E-state index contributed by atoms with van der Waals surface area (Å²) < 4.78 is 22.5. The lowest BCUT2D eigenvalue weighted by Crippen LogP contribution is -2.25. The van der Waals surface area contributed by atoms with Crippen LogP contribution >= 0.6 is 11.6 Å². The number of methoxy groups -OCH3 is 1. The summed E-state index contributed by atoms with van der Waals surface area (Å²) in [5.74, 6) is -1.66. The van der Waals surface area contributed by atoms with Gasteiger partial charge in [-0.05, 0) is 54.1 Å². The fourth-order valence-corrected chi connectivity index (χ4v) is 3.85. The van der Waals surface area contributed by atoms with E-state index in [1.807, 2.05) is 0 Å². The number of rotatable bonds is 5. The minimum Gasteiger partial charge on any atom is -0.465 e. The minimum absolute atomic E-state index is 0.0121. The number of carbonyl (C=O) groups is 2. The van der Waals surface area contributed by atoms with Crippen molar-refractivity contribution in [1.29, 1.82) is 0 Å². The fraction of sp³-hybridized carbons (Fsp3) is 0.125. The second-order valence-corrected chi connectivity index (χ2v) is 7.71. The molecule has 33 heavy (non-hydrogen) atoms. The number of hydrogen-bond acceptors (Lipinski definition) is 4. The molecule has 0 aliphatic carbocycles. The van der Waals surface area contributed by atoms with E-state index in [-0.39, 0.29) is 17.8 Å². The Morgan fingerprint density at radius 1 is 1.03 bits per heavy atom. The highest BCUT2D eigenvalue weighted by atomic mass is 35.5. The molecule has 0 atom stereocenters. The molecule has 0 saturated carbocycles. The van der Waals surface area contributed by atoms with Crippen molar-refractivity contribution in [3.63, 3.8) is 0 Å². The van der Waals surface area contributed by atoms with Crippen LogP contribution in [0.15, 0.2) is 65.5 Å². The first-order valence-corrected chi connectivity index (χ1v) is 10.3. The summed E-state index contributed by atoms with van der Waals surface area (Å²) in [7, 11) is 2.74. The van der Waals surface area contributed by atoms with Gasteiger partial charge in [-0.2, -0.15) is 0 Å². The van der Waals surface area contributed by atoms with Gasteiger partial charge in [-0.1, -0.05) is 23.7 Å². The number of amides is 1. The highest BCUT2D eigenvalue weighted by Gasteiger charge is 2.19. The Bertz CT molecular complexity index is 1460. The third-order valence-corrected chi connectivity index (χ3v) is 5.49. The van der Waals surface area contributed by atoms with Gasteiger partial charge < -0.3 is 10.1 Å². The number of fused-ring (bicyclic) bond motifs is 1. The molecular weight excluding hydrogens is 449 g/mol. The maximum atomic E-state index is 15.0. The second kappa shape index (κ2) is 8.91. The van der Waals surface area contributed by atoms with Crippen molar-refractivity contribution < 1.29 is 18.7 Å². The Balaban J connectivity index is 1.88. The molecule has 1 N–H and O–H groups in total. The summed E-state index contributed by atoms with van der Waals surface area (Å²) in [5, 5.41) is 2.81. The van der Waals surface area contributed by atoms with E-state index in [0.717, 1.165) is 6.07 Å². The summed E-state index contributed by atoms with van der Waals surface area (Å²) in [6.45, 7) is 0.132. The largest absolute Gasteiger partial charge is 0.465 e. The van der Waals surface area contributed by atoms with Crippen LogP contribution in [-0.4, -0.2) is 35.2 Å². The average molecular weight is 468 g/mol. The van der Waals surface area contributed by atoms with Gasteiger partial charge >= 0.3 is 11.7 Å². The van der Waals surface area contributed by atoms with Gasteiger partial charge in [-0.3, -0.25) is 13.9 Å². The summed E-state index contributed by atoms with van der Waals surface area (Å²) in [6.07, 6.45) is 0. The smallest absolute Gasteiger partial charge is 0.337 e. The fourth-order valence-electron chi connectivity index (χ4n) is 3.69. The number of esters is 1. The molecule has 4 rings (SSSR count). The number of carbonyl (C=O) groups excluding carboxylic acids is 2. The van der Waals surface area contributed by atoms with E-state index in [1.54, 1.807) is 42.5 Å². The number of aromatic nitrogens is 2. The molecule has 168 valence electrons. The van der Waals surface area contributed by atoms with Crippen molar-refractivity contribution in [2.75, 3.05) is 14.2 Å². The van der Waals surface area contributed by atoms with Gasteiger partial charge in [-0.25, -0.2) is 14.0 Å². The first kappa shape index (κ1) is 22.3. The van der Waals surface area contributed by atoms with E-state index >= 15 is 4.39 Å². The van der Waals surface area contributed by atoms with Crippen molar-refractivity contribution in [2.45, 2.75) is 6.54 Å². The first-order valence-electron chi connectivity index (χ1n) is 9.94. The zero-order chi connectivity index (χ0) is 23.7. The molecule has 0 unspecified atom stereocenters. The van der Waals surface area contributed by atoms with E-state index in [2.05, 4.69) is 5.32 Å². The van der Waals surface area contributed by atoms with Crippen molar-refractivity contribution in [1.82, 2.24) is 14.5 Å². The standard InChI is InChI=1S/C24H19ClFN3O4/c1-27-22(30)15-6-8-19(18(26)11-15)29-21-12-17(25)7-9-20(21)28(24(29)32)13-14-4-3-5-16(10-14)23(31)33-2/h3-12H,13H2,1-2H3,(H,27,30). The van der Waals surface area contributed by atoms with Crippen LogP contribution in [0.2, 0.25) is 5.02 Å². The molecule has 9 heteroatoms. The summed E-state index contributed by atoms with van der Waals surface area (Å²) >= 11 is 6.17. The predicted molar refractivity (Wildman–Crippen MR) is 123 cm³/mol. The number of hydrogen-bond donors (Lipinski definition) is 1. The van der Waals surface area contributed by atoms with Gasteiger partial charge in [0.05, 0.1) is 35.9 Å². The lowest BCUT2D eigenvalue weighted by atomic mass is 10.1. The third kappa shape index (κ3) is 4.12. The van der Waals surface area contributed by atoms with Gasteiger partial charge in [0.15, 0.2) is 0 Å². The quantitative estimate of drug-likeness (QED) is 0.453. The van der Waals surface area contributed by atoms with E-state index in [9.17, 15) is 14.4 Å². The molecule has 3 aromatic carbocycles. The zero-order valence-corrected chi connectivity index (χ0v) is 18.5. The maximum absolute atomic E-state index is 15.0. The second-order valence-electron chi connectivity index (χ2n) is 7.27. The summed E-state index contributed by atoms with van der Waals surface area (Å²) in [4.78, 5) is 37.2. The molecule has 1 aromatic heterocycles. The van der Waals surface area contributed by atoms with Crippen LogP contribution < -0.4 is 11.0 Å². The van der Waals surface area contributed by atoms with Gasteiger partial charge in [0.2, 0.25) is 0 Å². The van der Waals surface area contributed by atoms with Gasteiger partial charge in [0.1, 0.15) is 5.82 Å². The molecule has 0 aliphatic rings. The topological polar surface area (TPSA) is 82.3 Å². The molecule has 1 amide bonds. The van der Waals surface area contributed by atoms with Crippen molar-refractivity contribution in [3.8, 4) is 5.69 Å². The monoisotopic (exact) mass is 467 g/mol. The molecule has 1 heterocycles. The number of halogens is 2. The minimum atomic E-state index is -0.732. The molecule has 7 nitrogen and oxygen atoms in total. The highest BCUT2D eigenvalue weighted by molar-refractivity contribution is 6.31. The van der Waals surface area contributed by atoms with Gasteiger partial charge in [-0.15, -0.1) is 0 Å². The van der Waals surface area contributed by atoms with Crippen LogP contribution in [-0.2, 0) is 11.3 Å². The Morgan fingerprint density at radius 3 is 2.52 bits per heavy atom. The van der Waals surface area contributed by atoms with Crippen LogP contribution in [0.4, 0.5) is 4.39 Å². The summed E-state index contributed by atoms with van der Waals surface area (Å²) in [5.41, 5.74) is 1.60. The average Bonchev–Trinajstić information content (AvgIpc) is 3.08. The highest BCUT2D eigenvalue weighted by Crippen LogP contribution is 2.24. The predicted octanol–water partition coefficient (Wildman–Crippen LogP) is 3.78. The Labute approximate surface area is 193 Å². The number of nitrogens with one attached hydrogen (secondary N) is 1. The molecular formula is C24H19ClFN3O4. The lowest BCUT2D eigenvalue weighted by molar-refractivity contribution is 0.0600. The van der Waals surface area contributed by atoms with Crippen molar-refractivity contribution in [3.05, 3.63) is 98.7 Å². The normalized spacial score (nSPS) is 10.9. The van der Waals surface area contributed by atoms with Gasteiger partial charge in [0.25, 0.3) is 5.91 Å². The number of nitrogens with zero attached hydrogens (tertiary/aromatic N) is 2. The van der Waals surface area contributed by atoms with E-state index < -0.39 is 23.4 Å². The molecule has 0 bridgehead atoms. The number of benzene rings is 3. The molecule has 4 aromatic rings. The maximum Gasteiger partial charge on any atom is 0.337 e. The molecule has 0 fully saturated rings. The van der Waals surface area contributed by atoms with Crippen LogP contribution in [0.3, 0.4) is 0 Å². The Kier molecular flexibility index (Phi) is 6.02. The van der Waals surface area contributed by atoms with E-state index in [4.69, 9.17) is 16.3 Å². The van der Waals surface area contributed by atoms with Crippen molar-refractivity contribution in [2.24, 2.45) is 0 Å². The molecule has 0 radical (unpaired) electrons. The van der Waals surface area contributed by atoms with E-state index in [0.29, 0.717) is 27.2 Å². The number of ether oxygens (including phenoxy) is 1. The van der Waals surface area contributed by atoms with Crippen LogP contribution in [0.5, 0.6) is 0 Å². The molecule has 0 saturated heterocycles. The SMILES string of the molecule is CNC(=O)c1ccc(-n2c(=O)n(Cc3cccc(C(=O)OC)c3)c3ccc(Cl)cc32)c(F)c1. The number of imidazole rings is 1. The Hall–Kier alpha value is -3.91.